The first-order valence-electron chi connectivity index (χ1n) is 12.5. The van der Waals surface area contributed by atoms with Gasteiger partial charge in [-0.15, -0.1) is 0 Å². The Bertz CT molecular complexity index is 1240. The summed E-state index contributed by atoms with van der Waals surface area (Å²) in [5, 5.41) is 4.56. The van der Waals surface area contributed by atoms with Crippen molar-refractivity contribution in [3.8, 4) is 16.9 Å². The molecular weight excluding hydrogens is 452 g/mol. The number of fused-ring (bicyclic) bond motifs is 1. The highest BCUT2D eigenvalue weighted by molar-refractivity contribution is 7.92. The minimum Gasteiger partial charge on any atom is -0.489 e. The molecule has 9 heteroatoms. The van der Waals surface area contributed by atoms with Crippen molar-refractivity contribution in [1.29, 1.82) is 0 Å². The second-order valence-electron chi connectivity index (χ2n) is 10.4. The Hall–Kier alpha value is -2.55. The van der Waals surface area contributed by atoms with Crippen LogP contribution in [0.2, 0.25) is 0 Å². The quantitative estimate of drug-likeness (QED) is 0.634. The molecule has 1 aliphatic heterocycles. The van der Waals surface area contributed by atoms with Gasteiger partial charge in [-0.25, -0.2) is 13.1 Å². The van der Waals surface area contributed by atoms with Gasteiger partial charge in [-0.05, 0) is 76.8 Å². The van der Waals surface area contributed by atoms with Crippen molar-refractivity contribution in [3.05, 3.63) is 23.9 Å². The molecule has 1 N–H and O–H groups in total. The Morgan fingerprint density at radius 3 is 2.47 bits per heavy atom. The zero-order valence-corrected chi connectivity index (χ0v) is 20.6. The van der Waals surface area contributed by atoms with E-state index in [0.717, 1.165) is 85.9 Å². The molecule has 0 unspecified atom stereocenters. The molecule has 1 amide bonds. The molecule has 34 heavy (non-hydrogen) atoms. The first-order chi connectivity index (χ1) is 16.3. The Morgan fingerprint density at radius 2 is 1.85 bits per heavy atom. The smallest absolute Gasteiger partial charge is 0.230 e. The summed E-state index contributed by atoms with van der Waals surface area (Å²) >= 11 is 0. The van der Waals surface area contributed by atoms with Crippen LogP contribution in [-0.4, -0.2) is 42.5 Å². The number of hydrogen-bond donors (Lipinski definition) is 1. The third-order valence-corrected chi connectivity index (χ3v) is 8.07. The molecule has 2 aromatic rings. The van der Waals surface area contributed by atoms with Crippen molar-refractivity contribution in [2.75, 3.05) is 15.9 Å². The molecule has 3 aliphatic carbocycles. The lowest BCUT2D eigenvalue weighted by Gasteiger charge is -2.38. The minimum absolute atomic E-state index is 0.145. The summed E-state index contributed by atoms with van der Waals surface area (Å²) in [6.07, 6.45) is 11.9. The number of sulfonamides is 1. The summed E-state index contributed by atoms with van der Waals surface area (Å²) < 4.78 is 35.6. The molecule has 0 bridgehead atoms. The van der Waals surface area contributed by atoms with E-state index >= 15 is 0 Å². The molecule has 0 radical (unpaired) electrons. The Balaban J connectivity index is 1.49. The average molecular weight is 485 g/mol. The summed E-state index contributed by atoms with van der Waals surface area (Å²) in [6, 6.07) is 4.38. The number of benzene rings is 1. The van der Waals surface area contributed by atoms with E-state index in [0.29, 0.717) is 5.82 Å². The van der Waals surface area contributed by atoms with Crippen molar-refractivity contribution in [2.45, 2.75) is 82.9 Å². The number of amides is 1. The lowest BCUT2D eigenvalue weighted by Crippen LogP contribution is -2.43. The van der Waals surface area contributed by atoms with Gasteiger partial charge in [-0.1, -0.05) is 0 Å². The fraction of sp³-hybridized carbons (Fsp3) is 0.600. The van der Waals surface area contributed by atoms with E-state index in [9.17, 15) is 13.2 Å². The fourth-order valence-electron chi connectivity index (χ4n) is 5.10. The normalized spacial score (nSPS) is 22.8. The van der Waals surface area contributed by atoms with E-state index < -0.39 is 10.0 Å². The summed E-state index contributed by atoms with van der Waals surface area (Å²) in [4.78, 5) is 15.2. The minimum atomic E-state index is -3.49. The Kier molecular flexibility index (Phi) is 5.17. The predicted octanol–water partition coefficient (Wildman–Crippen LogP) is 4.27. The van der Waals surface area contributed by atoms with Crippen molar-refractivity contribution < 1.29 is 17.9 Å². The Morgan fingerprint density at radius 1 is 1.09 bits per heavy atom. The highest BCUT2D eigenvalue weighted by Gasteiger charge is 2.40. The SMILES string of the molecule is C[C@H]1CCc2c(ccc(-c3cnn(C4CC4)c3NS(C)(=O)=O)c2OC2CCC2)N1C(=O)C1CC1. The maximum atomic E-state index is 13.2. The molecule has 3 saturated carbocycles. The highest BCUT2D eigenvalue weighted by atomic mass is 32.2. The van der Waals surface area contributed by atoms with E-state index in [1.807, 2.05) is 17.0 Å². The molecular formula is C25H32N4O4S. The monoisotopic (exact) mass is 484 g/mol. The van der Waals surface area contributed by atoms with Crippen molar-refractivity contribution >= 4 is 27.4 Å². The Labute approximate surface area is 200 Å². The third kappa shape index (κ3) is 3.97. The number of carbonyl (C=O) groups is 1. The molecule has 182 valence electrons. The van der Waals surface area contributed by atoms with Crippen LogP contribution < -0.4 is 14.4 Å². The van der Waals surface area contributed by atoms with Gasteiger partial charge in [0.1, 0.15) is 11.6 Å². The van der Waals surface area contributed by atoms with Gasteiger partial charge in [-0.3, -0.25) is 9.52 Å². The molecule has 3 fully saturated rings. The van der Waals surface area contributed by atoms with Crippen LogP contribution in [0.15, 0.2) is 18.3 Å². The third-order valence-electron chi connectivity index (χ3n) is 7.51. The summed E-state index contributed by atoms with van der Waals surface area (Å²) in [6.45, 7) is 2.12. The van der Waals surface area contributed by atoms with Gasteiger partial charge >= 0.3 is 0 Å². The molecule has 0 spiro atoms. The first kappa shape index (κ1) is 21.9. The fourth-order valence-corrected chi connectivity index (χ4v) is 5.66. The highest BCUT2D eigenvalue weighted by Crippen LogP contribution is 2.48. The van der Waals surface area contributed by atoms with E-state index in [4.69, 9.17) is 4.74 Å². The van der Waals surface area contributed by atoms with E-state index in [-0.39, 0.29) is 30.0 Å². The summed E-state index contributed by atoms with van der Waals surface area (Å²) in [5.41, 5.74) is 3.58. The van der Waals surface area contributed by atoms with Gasteiger partial charge < -0.3 is 9.64 Å². The van der Waals surface area contributed by atoms with Crippen molar-refractivity contribution in [1.82, 2.24) is 9.78 Å². The van der Waals surface area contributed by atoms with Crippen LogP contribution in [0.4, 0.5) is 11.5 Å². The van der Waals surface area contributed by atoms with Crippen LogP contribution in [0, 0.1) is 5.92 Å². The number of carbonyl (C=O) groups excluding carboxylic acids is 1. The molecule has 1 aromatic heterocycles. The standard InChI is InChI=1S/C25H32N4O4S/c1-15-6-11-20-22(28(15)25(30)16-7-8-16)13-12-19(23(20)33-18-4-3-5-18)21-14-26-29(17-9-10-17)24(21)27-34(2,31)32/h12-18,27H,3-11H2,1-2H3/t15-/m0/s1. The second-order valence-corrected chi connectivity index (χ2v) is 12.2. The van der Waals surface area contributed by atoms with Crippen molar-refractivity contribution in [3.63, 3.8) is 0 Å². The van der Waals surface area contributed by atoms with Crippen LogP contribution in [-0.2, 0) is 21.2 Å². The maximum absolute atomic E-state index is 13.2. The number of hydrogen-bond acceptors (Lipinski definition) is 5. The van der Waals surface area contributed by atoms with Gasteiger partial charge in [0, 0.05) is 28.7 Å². The molecule has 6 rings (SSSR count). The molecule has 1 atom stereocenters. The predicted molar refractivity (Wildman–Crippen MR) is 131 cm³/mol. The summed E-state index contributed by atoms with van der Waals surface area (Å²) in [5.74, 6) is 1.65. The van der Waals surface area contributed by atoms with Crippen LogP contribution in [0.25, 0.3) is 11.1 Å². The lowest BCUT2D eigenvalue weighted by atomic mass is 9.90. The van der Waals surface area contributed by atoms with Crippen LogP contribution in [0.5, 0.6) is 5.75 Å². The zero-order chi connectivity index (χ0) is 23.6. The average Bonchev–Trinajstić information content (AvgIpc) is 3.67. The first-order valence-corrected chi connectivity index (χ1v) is 14.4. The maximum Gasteiger partial charge on any atom is 0.230 e. The number of aromatic nitrogens is 2. The van der Waals surface area contributed by atoms with Gasteiger partial charge in [0.05, 0.1) is 30.3 Å². The number of rotatable bonds is 7. The summed E-state index contributed by atoms with van der Waals surface area (Å²) in [7, 11) is -3.49. The van der Waals surface area contributed by atoms with Gasteiger partial charge in [0.2, 0.25) is 15.9 Å². The largest absolute Gasteiger partial charge is 0.489 e. The van der Waals surface area contributed by atoms with Crippen LogP contribution in [0.3, 0.4) is 0 Å². The number of nitrogens with one attached hydrogen (secondary N) is 1. The van der Waals surface area contributed by atoms with E-state index in [1.54, 1.807) is 10.9 Å². The lowest BCUT2D eigenvalue weighted by molar-refractivity contribution is -0.120. The van der Waals surface area contributed by atoms with Crippen LogP contribution >= 0.6 is 0 Å². The molecule has 4 aliphatic rings. The second kappa shape index (κ2) is 8.00. The van der Waals surface area contributed by atoms with Gasteiger partial charge in [-0.2, -0.15) is 5.10 Å². The van der Waals surface area contributed by atoms with E-state index in [1.165, 1.54) is 6.26 Å². The molecule has 8 nitrogen and oxygen atoms in total. The van der Waals surface area contributed by atoms with Crippen molar-refractivity contribution in [2.24, 2.45) is 5.92 Å². The van der Waals surface area contributed by atoms with Crippen LogP contribution in [0.1, 0.15) is 69.9 Å². The number of nitrogens with zero attached hydrogens (tertiary/aromatic N) is 3. The molecule has 2 heterocycles. The number of ether oxygens (including phenoxy) is 1. The topological polar surface area (TPSA) is 93.5 Å². The molecule has 0 saturated heterocycles. The number of anilines is 2. The van der Waals surface area contributed by atoms with Gasteiger partial charge in [0.15, 0.2) is 0 Å². The van der Waals surface area contributed by atoms with Gasteiger partial charge in [0.25, 0.3) is 0 Å². The zero-order valence-electron chi connectivity index (χ0n) is 19.8. The van der Waals surface area contributed by atoms with E-state index in [2.05, 4.69) is 16.7 Å². The molecule has 1 aromatic carbocycles.